The van der Waals surface area contributed by atoms with Crippen LogP contribution in [0.25, 0.3) is 0 Å². The molecule has 1 aliphatic heterocycles. The van der Waals surface area contributed by atoms with Crippen molar-refractivity contribution in [1.29, 1.82) is 0 Å². The Labute approximate surface area is 179 Å². The molecule has 164 valence electrons. The number of amides is 2. The Morgan fingerprint density at radius 2 is 1.73 bits per heavy atom. The fraction of sp³-hybridized carbons (Fsp3) is 0.609. The lowest BCUT2D eigenvalue weighted by Gasteiger charge is -2.21. The van der Waals surface area contributed by atoms with E-state index in [2.05, 4.69) is 16.0 Å². The van der Waals surface area contributed by atoms with E-state index in [1.165, 1.54) is 12.8 Å². The van der Waals surface area contributed by atoms with Crippen molar-refractivity contribution in [3.63, 3.8) is 0 Å². The number of hydrogen-bond acceptors (Lipinski definition) is 3. The average molecular weight is 414 g/mol. The molecule has 0 aromatic heterocycles. The fourth-order valence-corrected chi connectivity index (χ4v) is 4.22. The number of rotatable bonds is 7. The van der Waals surface area contributed by atoms with Crippen molar-refractivity contribution in [1.82, 2.24) is 20.9 Å². The third-order valence-electron chi connectivity index (χ3n) is 5.86. The maximum absolute atomic E-state index is 12.7. The molecule has 1 aliphatic carbocycles. The molecule has 0 bridgehead atoms. The molecule has 1 unspecified atom stereocenters. The van der Waals surface area contributed by atoms with E-state index in [9.17, 15) is 9.59 Å². The lowest BCUT2D eigenvalue weighted by molar-refractivity contribution is -0.134. The summed E-state index contributed by atoms with van der Waals surface area (Å²) in [5.41, 5.74) is 1.71. The predicted octanol–water partition coefficient (Wildman–Crippen LogP) is 2.28. The van der Waals surface area contributed by atoms with Crippen LogP contribution < -0.4 is 16.0 Å². The van der Waals surface area contributed by atoms with E-state index in [1.54, 1.807) is 0 Å². The van der Waals surface area contributed by atoms with Crippen molar-refractivity contribution < 1.29 is 9.59 Å². The van der Waals surface area contributed by atoms with Crippen LogP contribution in [0.5, 0.6) is 0 Å². The van der Waals surface area contributed by atoms with Gasteiger partial charge in [0, 0.05) is 43.7 Å². The summed E-state index contributed by atoms with van der Waals surface area (Å²) in [6.45, 7) is 7.46. The molecule has 2 amide bonds. The largest absolute Gasteiger partial charge is 0.357 e. The van der Waals surface area contributed by atoms with E-state index in [4.69, 9.17) is 4.99 Å². The minimum Gasteiger partial charge on any atom is -0.357 e. The summed E-state index contributed by atoms with van der Waals surface area (Å²) < 4.78 is 0. The van der Waals surface area contributed by atoms with E-state index >= 15 is 0 Å². The van der Waals surface area contributed by atoms with Gasteiger partial charge in [0.25, 0.3) is 5.91 Å². The Hall–Kier alpha value is -2.57. The molecule has 0 spiro atoms. The van der Waals surface area contributed by atoms with Gasteiger partial charge in [-0.05, 0) is 50.8 Å². The second-order valence-corrected chi connectivity index (χ2v) is 8.15. The van der Waals surface area contributed by atoms with Gasteiger partial charge in [-0.2, -0.15) is 0 Å². The summed E-state index contributed by atoms with van der Waals surface area (Å²) >= 11 is 0. The molecule has 7 heteroatoms. The van der Waals surface area contributed by atoms with Crippen molar-refractivity contribution in [3.8, 4) is 0 Å². The van der Waals surface area contributed by atoms with Gasteiger partial charge in [0.1, 0.15) is 0 Å². The van der Waals surface area contributed by atoms with Crippen LogP contribution in [0.15, 0.2) is 29.3 Å². The van der Waals surface area contributed by atoms with E-state index in [-0.39, 0.29) is 17.9 Å². The van der Waals surface area contributed by atoms with Crippen LogP contribution in [-0.4, -0.2) is 54.9 Å². The van der Waals surface area contributed by atoms with Crippen molar-refractivity contribution >= 4 is 17.8 Å². The number of nitrogens with one attached hydrogen (secondary N) is 3. The second kappa shape index (κ2) is 11.0. The number of hydrogen-bond donors (Lipinski definition) is 3. The monoisotopic (exact) mass is 413 g/mol. The second-order valence-electron chi connectivity index (χ2n) is 8.15. The molecule has 0 radical (unpaired) electrons. The van der Waals surface area contributed by atoms with Crippen LogP contribution in [0.3, 0.4) is 0 Å². The first kappa shape index (κ1) is 22.1. The average Bonchev–Trinajstić information content (AvgIpc) is 3.45. The quantitative estimate of drug-likeness (QED) is 0.473. The van der Waals surface area contributed by atoms with Crippen molar-refractivity contribution in [2.24, 2.45) is 10.9 Å². The molecule has 3 N–H and O–H groups in total. The van der Waals surface area contributed by atoms with Crippen LogP contribution in [-0.2, 0) is 11.3 Å². The zero-order valence-electron chi connectivity index (χ0n) is 18.2. The number of carbonyl (C=O) groups excluding carboxylic acids is 2. The van der Waals surface area contributed by atoms with Gasteiger partial charge in [-0.15, -0.1) is 0 Å². The van der Waals surface area contributed by atoms with Gasteiger partial charge in [-0.1, -0.05) is 25.0 Å². The summed E-state index contributed by atoms with van der Waals surface area (Å²) in [6, 6.07) is 7.78. The van der Waals surface area contributed by atoms with Crippen LogP contribution >= 0.6 is 0 Å². The highest BCUT2D eigenvalue weighted by molar-refractivity contribution is 5.94. The molecule has 1 atom stereocenters. The van der Waals surface area contributed by atoms with Gasteiger partial charge >= 0.3 is 0 Å². The van der Waals surface area contributed by atoms with Crippen LogP contribution in [0.1, 0.15) is 61.9 Å². The molecule has 2 fully saturated rings. The molecule has 2 aliphatic rings. The lowest BCUT2D eigenvalue weighted by atomic mass is 10.1. The highest BCUT2D eigenvalue weighted by Gasteiger charge is 2.32. The third-order valence-corrected chi connectivity index (χ3v) is 5.86. The van der Waals surface area contributed by atoms with E-state index in [0.717, 1.165) is 50.4 Å². The predicted molar refractivity (Wildman–Crippen MR) is 119 cm³/mol. The first-order valence-electron chi connectivity index (χ1n) is 11.3. The maximum atomic E-state index is 12.7. The SMILES string of the molecule is CCNC(=O)c1ccc(CN=C(NCC)NC2CCN(C(=O)C3CCCC3)C2)cc1. The Morgan fingerprint density at radius 3 is 2.40 bits per heavy atom. The van der Waals surface area contributed by atoms with Crippen LogP contribution in [0, 0.1) is 5.92 Å². The van der Waals surface area contributed by atoms with Crippen LogP contribution in [0.4, 0.5) is 0 Å². The Bertz CT molecular complexity index is 740. The topological polar surface area (TPSA) is 85.8 Å². The Morgan fingerprint density at radius 1 is 1.03 bits per heavy atom. The molecular weight excluding hydrogens is 378 g/mol. The first-order chi connectivity index (χ1) is 14.6. The summed E-state index contributed by atoms with van der Waals surface area (Å²) in [4.78, 5) is 31.2. The van der Waals surface area contributed by atoms with E-state index in [0.29, 0.717) is 24.6 Å². The third kappa shape index (κ3) is 5.97. The number of aliphatic imine (C=N–C) groups is 1. The van der Waals surface area contributed by atoms with Gasteiger partial charge in [0.15, 0.2) is 5.96 Å². The van der Waals surface area contributed by atoms with E-state index < -0.39 is 0 Å². The Kier molecular flexibility index (Phi) is 8.11. The number of guanidine groups is 1. The number of carbonyl (C=O) groups is 2. The minimum absolute atomic E-state index is 0.0551. The standard InChI is InChI=1S/C23H35N5O2/c1-3-24-21(29)18-11-9-17(10-12-18)15-26-23(25-4-2)27-20-13-14-28(16-20)22(30)19-7-5-6-8-19/h9-12,19-20H,3-8,13-16H2,1-2H3,(H,24,29)(H2,25,26,27). The van der Waals surface area contributed by atoms with Crippen molar-refractivity contribution in [2.75, 3.05) is 26.2 Å². The van der Waals surface area contributed by atoms with Gasteiger partial charge in [0.05, 0.1) is 6.54 Å². The molecular formula is C23H35N5O2. The van der Waals surface area contributed by atoms with Gasteiger partial charge in [0.2, 0.25) is 5.91 Å². The van der Waals surface area contributed by atoms with E-state index in [1.807, 2.05) is 43.0 Å². The smallest absolute Gasteiger partial charge is 0.251 e. The first-order valence-corrected chi connectivity index (χ1v) is 11.3. The van der Waals surface area contributed by atoms with Crippen LogP contribution in [0.2, 0.25) is 0 Å². The minimum atomic E-state index is -0.0551. The van der Waals surface area contributed by atoms with Crippen molar-refractivity contribution in [2.45, 2.75) is 58.5 Å². The fourth-order valence-electron chi connectivity index (χ4n) is 4.22. The normalized spacial score (nSPS) is 19.7. The summed E-state index contributed by atoms with van der Waals surface area (Å²) in [7, 11) is 0. The molecule has 1 aromatic rings. The van der Waals surface area contributed by atoms with Crippen molar-refractivity contribution in [3.05, 3.63) is 35.4 Å². The molecule has 1 heterocycles. The molecule has 3 rings (SSSR count). The summed E-state index contributed by atoms with van der Waals surface area (Å²) in [5, 5.41) is 9.59. The summed E-state index contributed by atoms with van der Waals surface area (Å²) in [5.74, 6) is 1.30. The van der Waals surface area contributed by atoms with Gasteiger partial charge < -0.3 is 20.9 Å². The number of nitrogens with zero attached hydrogens (tertiary/aromatic N) is 2. The Balaban J connectivity index is 1.53. The maximum Gasteiger partial charge on any atom is 0.251 e. The number of likely N-dealkylation sites (tertiary alicyclic amines) is 1. The molecule has 30 heavy (non-hydrogen) atoms. The number of benzene rings is 1. The van der Waals surface area contributed by atoms with Gasteiger partial charge in [-0.25, -0.2) is 4.99 Å². The lowest BCUT2D eigenvalue weighted by Crippen LogP contribution is -2.45. The molecule has 1 saturated carbocycles. The highest BCUT2D eigenvalue weighted by atomic mass is 16.2. The van der Waals surface area contributed by atoms with Gasteiger partial charge in [-0.3, -0.25) is 9.59 Å². The zero-order valence-corrected chi connectivity index (χ0v) is 18.2. The molecule has 1 saturated heterocycles. The summed E-state index contributed by atoms with van der Waals surface area (Å²) in [6.07, 6.45) is 5.43. The molecule has 1 aromatic carbocycles. The highest BCUT2D eigenvalue weighted by Crippen LogP contribution is 2.27. The molecule has 7 nitrogen and oxygen atoms in total. The zero-order chi connectivity index (χ0) is 21.3.